The number of nitrogens with zero attached hydrogens (tertiary/aromatic N) is 2. The monoisotopic (exact) mass is 236 g/mol. The van der Waals surface area contributed by atoms with Crippen molar-refractivity contribution in [1.82, 2.24) is 9.80 Å². The number of carbonyl (C=O) groups is 1. The van der Waals surface area contributed by atoms with E-state index in [0.29, 0.717) is 13.0 Å². The van der Waals surface area contributed by atoms with E-state index in [2.05, 4.69) is 30.6 Å². The molecule has 1 fully saturated rings. The predicted octanol–water partition coefficient (Wildman–Crippen LogP) is 1.73. The van der Waals surface area contributed by atoms with Gasteiger partial charge in [-0.1, -0.05) is 25.7 Å². The molecule has 0 aromatic carbocycles. The van der Waals surface area contributed by atoms with Gasteiger partial charge in [0.15, 0.2) is 0 Å². The molecule has 1 aliphatic heterocycles. The number of amides is 1. The molecule has 17 heavy (non-hydrogen) atoms. The van der Waals surface area contributed by atoms with E-state index < -0.39 is 0 Å². The third-order valence-corrected chi connectivity index (χ3v) is 2.95. The van der Waals surface area contributed by atoms with Crippen LogP contribution in [0.3, 0.4) is 0 Å². The van der Waals surface area contributed by atoms with E-state index in [0.717, 1.165) is 32.6 Å². The zero-order valence-corrected chi connectivity index (χ0v) is 11.2. The highest BCUT2D eigenvalue weighted by molar-refractivity contribution is 5.78. The highest BCUT2D eigenvalue weighted by Crippen LogP contribution is 2.07. The van der Waals surface area contributed by atoms with Gasteiger partial charge in [-0.05, 0) is 32.4 Å². The third-order valence-electron chi connectivity index (χ3n) is 2.95. The molecule has 0 spiro atoms. The maximum Gasteiger partial charge on any atom is 0.223 e. The van der Waals surface area contributed by atoms with Crippen molar-refractivity contribution in [3.05, 3.63) is 0 Å². The molecule has 0 N–H and O–H groups in total. The molecule has 3 heteroatoms. The SMILES string of the molecule is CCCN(CC#CCN1CCCC1=O)CCC. The standard InChI is InChI=1S/C14H24N2O/c1-3-9-15(10-4-2)11-5-6-12-16-13-7-8-14(16)17/h3-4,7-13H2,1-2H3. The highest BCUT2D eigenvalue weighted by atomic mass is 16.2. The van der Waals surface area contributed by atoms with Crippen LogP contribution in [-0.2, 0) is 4.79 Å². The molecular weight excluding hydrogens is 212 g/mol. The Labute approximate surface area is 105 Å². The summed E-state index contributed by atoms with van der Waals surface area (Å²) in [6.07, 6.45) is 4.05. The lowest BCUT2D eigenvalue weighted by atomic mass is 10.3. The first-order valence-corrected chi connectivity index (χ1v) is 6.73. The lowest BCUT2D eigenvalue weighted by Crippen LogP contribution is -2.27. The van der Waals surface area contributed by atoms with Gasteiger partial charge in [-0.2, -0.15) is 0 Å². The van der Waals surface area contributed by atoms with E-state index in [1.807, 2.05) is 4.90 Å². The molecule has 0 radical (unpaired) electrons. The quantitative estimate of drug-likeness (QED) is 0.656. The van der Waals surface area contributed by atoms with Crippen molar-refractivity contribution in [2.45, 2.75) is 39.5 Å². The lowest BCUT2D eigenvalue weighted by molar-refractivity contribution is -0.127. The molecule has 0 saturated carbocycles. The van der Waals surface area contributed by atoms with Crippen molar-refractivity contribution < 1.29 is 4.79 Å². The molecule has 1 rings (SSSR count). The summed E-state index contributed by atoms with van der Waals surface area (Å²) in [5.74, 6) is 6.57. The maximum absolute atomic E-state index is 11.4. The summed E-state index contributed by atoms with van der Waals surface area (Å²) in [5, 5.41) is 0. The third kappa shape index (κ3) is 5.23. The van der Waals surface area contributed by atoms with Crippen LogP contribution in [-0.4, -0.2) is 48.4 Å². The Kier molecular flexibility index (Phi) is 6.73. The van der Waals surface area contributed by atoms with Gasteiger partial charge >= 0.3 is 0 Å². The fourth-order valence-corrected chi connectivity index (χ4v) is 2.09. The molecular formula is C14H24N2O. The van der Waals surface area contributed by atoms with Crippen LogP contribution < -0.4 is 0 Å². The summed E-state index contributed by atoms with van der Waals surface area (Å²) < 4.78 is 0. The molecule has 3 nitrogen and oxygen atoms in total. The fourth-order valence-electron chi connectivity index (χ4n) is 2.09. The number of rotatable bonds is 6. The molecule has 96 valence electrons. The molecule has 0 aliphatic carbocycles. The number of hydrogen-bond donors (Lipinski definition) is 0. The molecule has 1 heterocycles. The van der Waals surface area contributed by atoms with E-state index >= 15 is 0 Å². The van der Waals surface area contributed by atoms with E-state index in [1.165, 1.54) is 12.8 Å². The average molecular weight is 236 g/mol. The summed E-state index contributed by atoms with van der Waals surface area (Å²) in [7, 11) is 0. The fraction of sp³-hybridized carbons (Fsp3) is 0.786. The Balaban J connectivity index is 2.25. The second kappa shape index (κ2) is 8.14. The summed E-state index contributed by atoms with van der Waals surface area (Å²) in [4.78, 5) is 15.6. The summed E-state index contributed by atoms with van der Waals surface area (Å²) >= 11 is 0. The molecule has 0 aromatic heterocycles. The van der Waals surface area contributed by atoms with E-state index in [-0.39, 0.29) is 5.91 Å². The van der Waals surface area contributed by atoms with Crippen molar-refractivity contribution in [1.29, 1.82) is 0 Å². The van der Waals surface area contributed by atoms with E-state index in [4.69, 9.17) is 0 Å². The first-order chi connectivity index (χ1) is 8.27. The first-order valence-electron chi connectivity index (χ1n) is 6.73. The molecule has 1 aliphatic rings. The summed E-state index contributed by atoms with van der Waals surface area (Å²) in [6, 6.07) is 0. The Hall–Kier alpha value is -1.01. The van der Waals surface area contributed by atoms with Crippen molar-refractivity contribution in [2.24, 2.45) is 0 Å². The smallest absolute Gasteiger partial charge is 0.223 e. The topological polar surface area (TPSA) is 23.6 Å². The largest absolute Gasteiger partial charge is 0.332 e. The summed E-state index contributed by atoms with van der Waals surface area (Å²) in [5.41, 5.74) is 0. The van der Waals surface area contributed by atoms with Crippen LogP contribution in [0.1, 0.15) is 39.5 Å². The lowest BCUT2D eigenvalue weighted by Gasteiger charge is -2.17. The van der Waals surface area contributed by atoms with Crippen LogP contribution in [0.5, 0.6) is 0 Å². The van der Waals surface area contributed by atoms with E-state index in [1.54, 1.807) is 0 Å². The number of carbonyl (C=O) groups excluding carboxylic acids is 1. The van der Waals surface area contributed by atoms with Gasteiger partial charge in [-0.15, -0.1) is 0 Å². The summed E-state index contributed by atoms with van der Waals surface area (Å²) in [6.45, 7) is 8.96. The minimum absolute atomic E-state index is 0.262. The van der Waals surface area contributed by atoms with Crippen LogP contribution in [0.4, 0.5) is 0 Å². The van der Waals surface area contributed by atoms with Crippen LogP contribution in [0.25, 0.3) is 0 Å². The first kappa shape index (κ1) is 14.1. The van der Waals surface area contributed by atoms with Crippen LogP contribution in [0.2, 0.25) is 0 Å². The normalized spacial score (nSPS) is 15.2. The van der Waals surface area contributed by atoms with Gasteiger partial charge in [0, 0.05) is 13.0 Å². The Morgan fingerprint density at radius 1 is 1.24 bits per heavy atom. The van der Waals surface area contributed by atoms with Gasteiger partial charge in [0.25, 0.3) is 0 Å². The molecule has 0 unspecified atom stereocenters. The second-order valence-corrected chi connectivity index (χ2v) is 4.55. The van der Waals surface area contributed by atoms with Crippen LogP contribution in [0.15, 0.2) is 0 Å². The number of hydrogen-bond acceptors (Lipinski definition) is 2. The molecule has 1 amide bonds. The van der Waals surface area contributed by atoms with Crippen LogP contribution >= 0.6 is 0 Å². The van der Waals surface area contributed by atoms with Gasteiger partial charge in [-0.3, -0.25) is 9.69 Å². The zero-order chi connectivity index (χ0) is 12.5. The van der Waals surface area contributed by atoms with Crippen molar-refractivity contribution >= 4 is 5.91 Å². The average Bonchev–Trinajstić information content (AvgIpc) is 2.71. The van der Waals surface area contributed by atoms with Gasteiger partial charge in [0.05, 0.1) is 13.1 Å². The minimum Gasteiger partial charge on any atom is -0.332 e. The maximum atomic E-state index is 11.4. The molecule has 0 bridgehead atoms. The minimum atomic E-state index is 0.262. The van der Waals surface area contributed by atoms with Crippen molar-refractivity contribution in [3.63, 3.8) is 0 Å². The Morgan fingerprint density at radius 2 is 1.94 bits per heavy atom. The highest BCUT2D eigenvalue weighted by Gasteiger charge is 2.18. The van der Waals surface area contributed by atoms with Gasteiger partial charge in [0.1, 0.15) is 0 Å². The molecule has 0 aromatic rings. The Morgan fingerprint density at radius 3 is 2.47 bits per heavy atom. The van der Waals surface area contributed by atoms with Gasteiger partial charge in [0.2, 0.25) is 5.91 Å². The number of likely N-dealkylation sites (tertiary alicyclic amines) is 1. The zero-order valence-electron chi connectivity index (χ0n) is 11.2. The van der Waals surface area contributed by atoms with Crippen molar-refractivity contribution in [3.8, 4) is 11.8 Å². The van der Waals surface area contributed by atoms with Gasteiger partial charge < -0.3 is 4.90 Å². The van der Waals surface area contributed by atoms with Crippen LogP contribution in [0, 0.1) is 11.8 Å². The Bertz CT molecular complexity index is 284. The van der Waals surface area contributed by atoms with Gasteiger partial charge in [-0.25, -0.2) is 0 Å². The molecule has 1 saturated heterocycles. The van der Waals surface area contributed by atoms with E-state index in [9.17, 15) is 4.79 Å². The molecule has 0 atom stereocenters. The predicted molar refractivity (Wildman–Crippen MR) is 70.6 cm³/mol. The van der Waals surface area contributed by atoms with Crippen molar-refractivity contribution in [2.75, 3.05) is 32.7 Å². The second-order valence-electron chi connectivity index (χ2n) is 4.55.